The maximum atomic E-state index is 12.9. The number of hydrogen-bond donors (Lipinski definition) is 2. The van der Waals surface area contributed by atoms with Crippen molar-refractivity contribution < 1.29 is 14.3 Å². The molecule has 0 fully saturated rings. The van der Waals surface area contributed by atoms with Gasteiger partial charge in [-0.05, 0) is 47.7 Å². The molecule has 2 N–H and O–H groups in total. The highest BCUT2D eigenvalue weighted by atomic mass is 127. The number of nitrogens with one attached hydrogen (secondary N) is 1. The molecule has 0 saturated heterocycles. The van der Waals surface area contributed by atoms with Crippen LogP contribution in [0.15, 0.2) is 18.2 Å². The van der Waals surface area contributed by atoms with E-state index in [1.807, 2.05) is 22.6 Å². The summed E-state index contributed by atoms with van der Waals surface area (Å²) in [6, 6.07) is 4.32. The number of rotatable bonds is 3. The standard InChI is InChI=1S/C11H8FIN2O2S/c1-5-9(10(16)17)18-11(14-5)15-8-3-2-6(12)4-7(8)13/h2-4H,1H3,(H,14,15)(H,16,17). The van der Waals surface area contributed by atoms with E-state index in [9.17, 15) is 9.18 Å². The Kier molecular flexibility index (Phi) is 3.81. The number of aryl methyl sites for hydroxylation is 1. The Balaban J connectivity index is 2.29. The van der Waals surface area contributed by atoms with E-state index in [0.717, 1.165) is 11.3 Å². The topological polar surface area (TPSA) is 62.2 Å². The molecular formula is C11H8FIN2O2S. The van der Waals surface area contributed by atoms with Crippen molar-refractivity contribution in [1.82, 2.24) is 4.98 Å². The minimum absolute atomic E-state index is 0.203. The smallest absolute Gasteiger partial charge is 0.347 e. The summed E-state index contributed by atoms with van der Waals surface area (Å²) in [5.41, 5.74) is 1.16. The van der Waals surface area contributed by atoms with Gasteiger partial charge in [-0.3, -0.25) is 0 Å². The molecule has 94 valence electrons. The van der Waals surface area contributed by atoms with Crippen LogP contribution in [0.4, 0.5) is 15.2 Å². The fraction of sp³-hybridized carbons (Fsp3) is 0.0909. The molecule has 0 bridgehead atoms. The van der Waals surface area contributed by atoms with Gasteiger partial charge in [0.2, 0.25) is 0 Å². The van der Waals surface area contributed by atoms with Crippen LogP contribution < -0.4 is 5.32 Å². The first-order chi connectivity index (χ1) is 8.47. The zero-order valence-electron chi connectivity index (χ0n) is 9.20. The highest BCUT2D eigenvalue weighted by Gasteiger charge is 2.14. The Morgan fingerprint density at radius 1 is 1.56 bits per heavy atom. The predicted octanol–water partition coefficient (Wildman–Crippen LogP) is 3.64. The zero-order chi connectivity index (χ0) is 13.3. The van der Waals surface area contributed by atoms with E-state index in [2.05, 4.69) is 10.3 Å². The molecule has 0 aliphatic rings. The molecule has 18 heavy (non-hydrogen) atoms. The number of aromatic nitrogens is 1. The van der Waals surface area contributed by atoms with Gasteiger partial charge in [-0.1, -0.05) is 11.3 Å². The number of anilines is 2. The van der Waals surface area contributed by atoms with Crippen LogP contribution in [0.1, 0.15) is 15.4 Å². The van der Waals surface area contributed by atoms with Gasteiger partial charge in [-0.25, -0.2) is 14.2 Å². The summed E-state index contributed by atoms with van der Waals surface area (Å²) < 4.78 is 13.6. The molecule has 7 heteroatoms. The molecule has 1 aromatic carbocycles. The van der Waals surface area contributed by atoms with Crippen LogP contribution in [0.3, 0.4) is 0 Å². The predicted molar refractivity (Wildman–Crippen MR) is 76.2 cm³/mol. The lowest BCUT2D eigenvalue weighted by atomic mass is 10.3. The van der Waals surface area contributed by atoms with Crippen molar-refractivity contribution in [3.8, 4) is 0 Å². The Labute approximate surface area is 120 Å². The van der Waals surface area contributed by atoms with Crippen molar-refractivity contribution in [2.24, 2.45) is 0 Å². The summed E-state index contributed by atoms with van der Waals surface area (Å²) >= 11 is 3.06. The van der Waals surface area contributed by atoms with Crippen molar-refractivity contribution in [1.29, 1.82) is 0 Å². The van der Waals surface area contributed by atoms with E-state index in [0.29, 0.717) is 20.1 Å². The summed E-state index contributed by atoms with van der Waals surface area (Å²) in [7, 11) is 0. The molecule has 0 atom stereocenters. The maximum Gasteiger partial charge on any atom is 0.347 e. The lowest BCUT2D eigenvalue weighted by Crippen LogP contribution is -1.94. The van der Waals surface area contributed by atoms with E-state index in [-0.39, 0.29) is 10.7 Å². The third-order valence-electron chi connectivity index (χ3n) is 2.16. The monoisotopic (exact) mass is 378 g/mol. The molecule has 0 amide bonds. The molecule has 0 saturated carbocycles. The Bertz CT molecular complexity index is 615. The van der Waals surface area contributed by atoms with Gasteiger partial charge in [0.25, 0.3) is 0 Å². The molecular weight excluding hydrogens is 370 g/mol. The largest absolute Gasteiger partial charge is 0.477 e. The number of thiazole rings is 1. The van der Waals surface area contributed by atoms with E-state index in [1.165, 1.54) is 12.1 Å². The third kappa shape index (κ3) is 2.78. The van der Waals surface area contributed by atoms with Crippen LogP contribution in [-0.4, -0.2) is 16.1 Å². The average Bonchev–Trinajstić information content (AvgIpc) is 2.64. The minimum atomic E-state index is -0.994. The fourth-order valence-electron chi connectivity index (χ4n) is 1.35. The van der Waals surface area contributed by atoms with Crippen LogP contribution in [0.2, 0.25) is 0 Å². The molecule has 0 aliphatic carbocycles. The number of hydrogen-bond acceptors (Lipinski definition) is 4. The molecule has 2 aromatic rings. The molecule has 0 radical (unpaired) electrons. The summed E-state index contributed by atoms with van der Waals surface area (Å²) in [4.78, 5) is 15.2. The van der Waals surface area contributed by atoms with Gasteiger partial charge in [-0.2, -0.15) is 0 Å². The summed E-state index contributed by atoms with van der Waals surface area (Å²) in [5.74, 6) is -1.31. The highest BCUT2D eigenvalue weighted by molar-refractivity contribution is 14.1. The lowest BCUT2D eigenvalue weighted by molar-refractivity contribution is 0.0701. The number of carboxylic acid groups (broad SMARTS) is 1. The van der Waals surface area contributed by atoms with Gasteiger partial charge >= 0.3 is 5.97 Å². The van der Waals surface area contributed by atoms with Crippen molar-refractivity contribution in [3.05, 3.63) is 38.2 Å². The van der Waals surface area contributed by atoms with Crippen LogP contribution >= 0.6 is 33.9 Å². The number of carboxylic acids is 1. The van der Waals surface area contributed by atoms with Gasteiger partial charge in [0.05, 0.1) is 11.4 Å². The van der Waals surface area contributed by atoms with Crippen LogP contribution in [0.25, 0.3) is 0 Å². The molecule has 1 aromatic heterocycles. The van der Waals surface area contributed by atoms with E-state index in [1.54, 1.807) is 13.0 Å². The van der Waals surface area contributed by atoms with Gasteiger partial charge in [0.1, 0.15) is 10.7 Å². The Hall–Kier alpha value is -1.22. The van der Waals surface area contributed by atoms with E-state index in [4.69, 9.17) is 5.11 Å². The number of benzene rings is 1. The highest BCUT2D eigenvalue weighted by Crippen LogP contribution is 2.28. The van der Waals surface area contributed by atoms with Crippen LogP contribution in [0.5, 0.6) is 0 Å². The van der Waals surface area contributed by atoms with Crippen LogP contribution in [0, 0.1) is 16.3 Å². The van der Waals surface area contributed by atoms with Crippen LogP contribution in [-0.2, 0) is 0 Å². The molecule has 0 aliphatic heterocycles. The Morgan fingerprint density at radius 3 is 2.83 bits per heavy atom. The number of carbonyl (C=O) groups is 1. The number of aromatic carboxylic acids is 1. The quantitative estimate of drug-likeness (QED) is 0.801. The normalized spacial score (nSPS) is 10.4. The van der Waals surface area contributed by atoms with E-state index >= 15 is 0 Å². The molecule has 0 spiro atoms. The SMILES string of the molecule is Cc1nc(Nc2ccc(F)cc2I)sc1C(=O)O. The third-order valence-corrected chi connectivity index (χ3v) is 4.12. The summed E-state index contributed by atoms with van der Waals surface area (Å²) in [5, 5.41) is 12.4. The second-order valence-electron chi connectivity index (χ2n) is 3.49. The van der Waals surface area contributed by atoms with Gasteiger partial charge in [0, 0.05) is 3.57 Å². The fourth-order valence-corrected chi connectivity index (χ4v) is 2.78. The Morgan fingerprint density at radius 2 is 2.28 bits per heavy atom. The zero-order valence-corrected chi connectivity index (χ0v) is 12.2. The van der Waals surface area contributed by atoms with E-state index < -0.39 is 5.97 Å². The van der Waals surface area contributed by atoms with Gasteiger partial charge < -0.3 is 10.4 Å². The first-order valence-corrected chi connectivity index (χ1v) is 6.79. The van der Waals surface area contributed by atoms with Crippen molar-refractivity contribution >= 4 is 50.7 Å². The average molecular weight is 378 g/mol. The lowest BCUT2D eigenvalue weighted by Gasteiger charge is -2.04. The first-order valence-electron chi connectivity index (χ1n) is 4.90. The summed E-state index contributed by atoms with van der Waals surface area (Å²) in [6.45, 7) is 1.64. The molecule has 2 rings (SSSR count). The molecule has 0 unspecified atom stereocenters. The second kappa shape index (κ2) is 5.19. The van der Waals surface area contributed by atoms with Crippen molar-refractivity contribution in [2.45, 2.75) is 6.92 Å². The molecule has 1 heterocycles. The summed E-state index contributed by atoms with van der Waals surface area (Å²) in [6.07, 6.45) is 0. The second-order valence-corrected chi connectivity index (χ2v) is 5.65. The van der Waals surface area contributed by atoms with Gasteiger partial charge in [-0.15, -0.1) is 0 Å². The number of halogens is 2. The van der Waals surface area contributed by atoms with Crippen molar-refractivity contribution in [3.63, 3.8) is 0 Å². The molecule has 4 nitrogen and oxygen atoms in total. The van der Waals surface area contributed by atoms with Crippen molar-refractivity contribution in [2.75, 3.05) is 5.32 Å². The maximum absolute atomic E-state index is 12.9. The minimum Gasteiger partial charge on any atom is -0.477 e. The van der Waals surface area contributed by atoms with Gasteiger partial charge in [0.15, 0.2) is 5.13 Å². The first kappa shape index (κ1) is 13.2. The number of nitrogens with zero attached hydrogens (tertiary/aromatic N) is 1.